The average molecular weight is 346 g/mol. The first kappa shape index (κ1) is 19.1. The Morgan fingerprint density at radius 1 is 1.29 bits per heavy atom. The molecule has 3 atom stereocenters. The zero-order valence-electron chi connectivity index (χ0n) is 14.5. The SMILES string of the molecule is COC(=O)[C@@H]1CC2(CN1C(=O)C(NC(O)OC)C(C)C)OCCO2. The summed E-state index contributed by atoms with van der Waals surface area (Å²) >= 11 is 0. The molecule has 0 radical (unpaired) electrons. The lowest BCUT2D eigenvalue weighted by Crippen LogP contribution is -2.55. The number of hydrogen-bond donors (Lipinski definition) is 2. The predicted octanol–water partition coefficient (Wildman–Crippen LogP) is -0.960. The standard InChI is InChI=1S/C15H26N2O7/c1-9(2)11(16-14(20)22-4)12(18)17-8-15(23-5-6-24-15)7-10(17)13(19)21-3/h9-11,14,16,20H,5-8H2,1-4H3/t10-,11?,14?/m0/s1. The Kier molecular flexibility index (Phi) is 6.16. The van der Waals surface area contributed by atoms with Gasteiger partial charge in [0.1, 0.15) is 6.04 Å². The quantitative estimate of drug-likeness (QED) is 0.468. The minimum absolute atomic E-state index is 0.137. The molecule has 0 bridgehead atoms. The number of esters is 1. The summed E-state index contributed by atoms with van der Waals surface area (Å²) in [6.07, 6.45) is -1.06. The van der Waals surface area contributed by atoms with Crippen LogP contribution in [0.2, 0.25) is 0 Å². The number of aliphatic hydroxyl groups is 1. The van der Waals surface area contributed by atoms with Crippen LogP contribution < -0.4 is 5.32 Å². The second-order valence-electron chi connectivity index (χ2n) is 6.29. The molecule has 0 aromatic heterocycles. The fourth-order valence-corrected chi connectivity index (χ4v) is 3.07. The molecule has 2 saturated heterocycles. The van der Waals surface area contributed by atoms with Crippen molar-refractivity contribution in [3.05, 3.63) is 0 Å². The fourth-order valence-electron chi connectivity index (χ4n) is 3.07. The topological polar surface area (TPSA) is 107 Å². The maximum Gasteiger partial charge on any atom is 0.328 e. The van der Waals surface area contributed by atoms with Crippen molar-refractivity contribution in [2.45, 2.75) is 44.6 Å². The van der Waals surface area contributed by atoms with E-state index in [1.54, 1.807) is 0 Å². The minimum Gasteiger partial charge on any atom is -0.467 e. The molecule has 138 valence electrons. The number of methoxy groups -OCH3 is 2. The van der Waals surface area contributed by atoms with Gasteiger partial charge < -0.3 is 29.0 Å². The van der Waals surface area contributed by atoms with Crippen LogP contribution in [0.4, 0.5) is 0 Å². The highest BCUT2D eigenvalue weighted by Gasteiger charge is 2.54. The van der Waals surface area contributed by atoms with Gasteiger partial charge in [-0.05, 0) is 5.92 Å². The Labute approximate surface area is 141 Å². The van der Waals surface area contributed by atoms with E-state index in [0.717, 1.165) is 0 Å². The van der Waals surface area contributed by atoms with Crippen LogP contribution in [-0.2, 0) is 28.5 Å². The number of nitrogens with one attached hydrogen (secondary N) is 1. The molecular weight excluding hydrogens is 320 g/mol. The summed E-state index contributed by atoms with van der Waals surface area (Å²) in [5.41, 5.74) is 0. The molecule has 2 unspecified atom stereocenters. The third kappa shape index (κ3) is 3.86. The number of amides is 1. The lowest BCUT2D eigenvalue weighted by Gasteiger charge is -2.31. The van der Waals surface area contributed by atoms with E-state index in [1.165, 1.54) is 19.1 Å². The number of hydrogen-bond acceptors (Lipinski definition) is 8. The molecule has 0 saturated carbocycles. The molecule has 9 nitrogen and oxygen atoms in total. The molecule has 0 aromatic carbocycles. The summed E-state index contributed by atoms with van der Waals surface area (Å²) in [4.78, 5) is 26.5. The highest BCUT2D eigenvalue weighted by Crippen LogP contribution is 2.35. The van der Waals surface area contributed by atoms with Crippen LogP contribution in [0, 0.1) is 5.92 Å². The molecule has 2 aliphatic heterocycles. The number of aliphatic hydroxyl groups excluding tert-OH is 1. The van der Waals surface area contributed by atoms with Crippen molar-refractivity contribution >= 4 is 11.9 Å². The van der Waals surface area contributed by atoms with Gasteiger partial charge in [0.05, 0.1) is 32.9 Å². The first-order valence-electron chi connectivity index (χ1n) is 7.96. The number of nitrogens with zero attached hydrogens (tertiary/aromatic N) is 1. The van der Waals surface area contributed by atoms with Gasteiger partial charge in [0.25, 0.3) is 0 Å². The van der Waals surface area contributed by atoms with Crippen molar-refractivity contribution in [1.29, 1.82) is 0 Å². The van der Waals surface area contributed by atoms with Gasteiger partial charge in [-0.25, -0.2) is 4.79 Å². The van der Waals surface area contributed by atoms with Gasteiger partial charge in [-0.3, -0.25) is 10.1 Å². The minimum atomic E-state index is -1.28. The second-order valence-corrected chi connectivity index (χ2v) is 6.29. The highest BCUT2D eigenvalue weighted by atomic mass is 16.7. The number of carbonyl (C=O) groups is 2. The lowest BCUT2D eigenvalue weighted by molar-refractivity contribution is -0.157. The van der Waals surface area contributed by atoms with Gasteiger partial charge in [0, 0.05) is 13.5 Å². The van der Waals surface area contributed by atoms with Crippen LogP contribution in [0.3, 0.4) is 0 Å². The smallest absolute Gasteiger partial charge is 0.328 e. The van der Waals surface area contributed by atoms with Gasteiger partial charge in [0.2, 0.25) is 12.3 Å². The van der Waals surface area contributed by atoms with E-state index in [0.29, 0.717) is 13.2 Å². The Morgan fingerprint density at radius 2 is 1.92 bits per heavy atom. The van der Waals surface area contributed by atoms with Crippen molar-refractivity contribution in [1.82, 2.24) is 10.2 Å². The van der Waals surface area contributed by atoms with Crippen LogP contribution in [0.5, 0.6) is 0 Å². The van der Waals surface area contributed by atoms with Gasteiger partial charge in [-0.15, -0.1) is 0 Å². The number of ether oxygens (including phenoxy) is 4. The maximum atomic E-state index is 13.0. The second kappa shape index (κ2) is 7.75. The van der Waals surface area contributed by atoms with Crippen molar-refractivity contribution in [3.63, 3.8) is 0 Å². The lowest BCUT2D eigenvalue weighted by atomic mass is 10.0. The summed E-state index contributed by atoms with van der Waals surface area (Å²) in [7, 11) is 2.60. The number of carbonyl (C=O) groups excluding carboxylic acids is 2. The van der Waals surface area contributed by atoms with Crippen LogP contribution in [0.15, 0.2) is 0 Å². The van der Waals surface area contributed by atoms with Crippen LogP contribution in [0.25, 0.3) is 0 Å². The summed E-state index contributed by atoms with van der Waals surface area (Å²) < 4.78 is 20.8. The molecular formula is C15H26N2O7. The summed E-state index contributed by atoms with van der Waals surface area (Å²) in [6.45, 7) is 4.65. The summed E-state index contributed by atoms with van der Waals surface area (Å²) in [5, 5.41) is 12.4. The van der Waals surface area contributed by atoms with Gasteiger partial charge in [-0.2, -0.15) is 0 Å². The Morgan fingerprint density at radius 3 is 2.42 bits per heavy atom. The Balaban J connectivity index is 2.20. The first-order chi connectivity index (χ1) is 11.3. The molecule has 0 aromatic rings. The molecule has 2 heterocycles. The molecule has 1 amide bonds. The van der Waals surface area contributed by atoms with E-state index in [2.05, 4.69) is 5.32 Å². The average Bonchev–Trinajstić information content (AvgIpc) is 3.18. The van der Waals surface area contributed by atoms with Crippen molar-refractivity contribution < 1.29 is 33.6 Å². The molecule has 2 N–H and O–H groups in total. The molecule has 2 fully saturated rings. The third-order valence-corrected chi connectivity index (χ3v) is 4.34. The Hall–Kier alpha value is -1.26. The molecule has 24 heavy (non-hydrogen) atoms. The number of likely N-dealkylation sites (tertiary alicyclic amines) is 1. The molecule has 1 spiro atoms. The largest absolute Gasteiger partial charge is 0.467 e. The van der Waals surface area contributed by atoms with Crippen molar-refractivity contribution in [2.75, 3.05) is 34.0 Å². The fraction of sp³-hybridized carbons (Fsp3) is 0.867. The first-order valence-corrected chi connectivity index (χ1v) is 7.96. The number of rotatable bonds is 6. The van der Waals surface area contributed by atoms with Crippen LogP contribution in [-0.4, -0.2) is 80.1 Å². The van der Waals surface area contributed by atoms with E-state index < -0.39 is 30.3 Å². The van der Waals surface area contributed by atoms with Crippen LogP contribution >= 0.6 is 0 Å². The molecule has 9 heteroatoms. The van der Waals surface area contributed by atoms with Gasteiger partial charge in [0.15, 0.2) is 5.79 Å². The van der Waals surface area contributed by atoms with Crippen molar-refractivity contribution in [3.8, 4) is 0 Å². The zero-order chi connectivity index (χ0) is 17.9. The highest BCUT2D eigenvalue weighted by molar-refractivity contribution is 5.88. The maximum absolute atomic E-state index is 13.0. The van der Waals surface area contributed by atoms with E-state index in [9.17, 15) is 14.7 Å². The molecule has 2 rings (SSSR count). The van der Waals surface area contributed by atoms with Crippen molar-refractivity contribution in [2.24, 2.45) is 5.92 Å². The summed E-state index contributed by atoms with van der Waals surface area (Å²) in [6, 6.07) is -1.52. The molecule has 0 aliphatic carbocycles. The summed E-state index contributed by atoms with van der Waals surface area (Å²) in [5.74, 6) is -1.96. The monoisotopic (exact) mass is 346 g/mol. The van der Waals surface area contributed by atoms with Gasteiger partial charge >= 0.3 is 5.97 Å². The van der Waals surface area contributed by atoms with Crippen LogP contribution in [0.1, 0.15) is 20.3 Å². The van der Waals surface area contributed by atoms with E-state index in [-0.39, 0.29) is 24.8 Å². The Bertz CT molecular complexity index is 465. The molecule has 2 aliphatic rings. The van der Waals surface area contributed by atoms with E-state index in [4.69, 9.17) is 18.9 Å². The van der Waals surface area contributed by atoms with E-state index >= 15 is 0 Å². The normalized spacial score (nSPS) is 25.2. The predicted molar refractivity (Wildman–Crippen MR) is 81.5 cm³/mol. The van der Waals surface area contributed by atoms with Gasteiger partial charge in [-0.1, -0.05) is 13.8 Å². The zero-order valence-corrected chi connectivity index (χ0v) is 14.5. The van der Waals surface area contributed by atoms with E-state index in [1.807, 2.05) is 13.8 Å². The third-order valence-electron chi connectivity index (χ3n) is 4.34.